The van der Waals surface area contributed by atoms with E-state index < -0.39 is 0 Å². The van der Waals surface area contributed by atoms with Gasteiger partial charge in [-0.2, -0.15) is 0 Å². The van der Waals surface area contributed by atoms with Crippen molar-refractivity contribution in [2.24, 2.45) is 11.3 Å². The first-order valence-corrected chi connectivity index (χ1v) is 8.01. The Hall–Kier alpha value is -0.980. The molecule has 110 valence electrons. The van der Waals surface area contributed by atoms with Gasteiger partial charge in [0.25, 0.3) is 0 Å². The maximum Gasteiger partial charge on any atom is 0.127 e. The minimum Gasteiger partial charge on any atom is -0.486 e. The summed E-state index contributed by atoms with van der Waals surface area (Å²) >= 11 is 0. The Morgan fingerprint density at radius 2 is 1.70 bits per heavy atom. The predicted octanol–water partition coefficient (Wildman–Crippen LogP) is 5.30. The van der Waals surface area contributed by atoms with E-state index in [9.17, 15) is 0 Å². The molecule has 1 nitrogen and oxygen atoms in total. The number of hydrogen-bond acceptors (Lipinski definition) is 1. The van der Waals surface area contributed by atoms with Crippen LogP contribution in [0.3, 0.4) is 0 Å². The minimum atomic E-state index is 0.0972. The first kappa shape index (κ1) is 14.0. The van der Waals surface area contributed by atoms with Crippen LogP contribution in [0.15, 0.2) is 6.07 Å². The average Bonchev–Trinajstić information content (AvgIpc) is 3.09. The van der Waals surface area contributed by atoms with E-state index in [0.717, 1.165) is 0 Å². The Balaban J connectivity index is 2.28. The summed E-state index contributed by atoms with van der Waals surface area (Å²) in [5.74, 6) is 2.44. The second-order valence-electron chi connectivity index (χ2n) is 7.92. The summed E-state index contributed by atoms with van der Waals surface area (Å²) in [5.41, 5.74) is 5.91. The van der Waals surface area contributed by atoms with Gasteiger partial charge < -0.3 is 4.74 Å². The standard InChI is InChI=1S/C19H28O/c1-11(2)16-15-13(4)10-12(3)14(5)17(15)20-19(8-9-19)18(16,6)7/h10-11,16H,8-9H2,1-7H3. The fourth-order valence-corrected chi connectivity index (χ4v) is 4.59. The molecular formula is C19H28O. The second kappa shape index (κ2) is 4.02. The van der Waals surface area contributed by atoms with Crippen LogP contribution in [0.2, 0.25) is 0 Å². The van der Waals surface area contributed by atoms with Gasteiger partial charge in [-0.15, -0.1) is 0 Å². The maximum atomic E-state index is 6.62. The molecule has 0 radical (unpaired) electrons. The molecule has 0 amide bonds. The van der Waals surface area contributed by atoms with Crippen LogP contribution in [-0.2, 0) is 0 Å². The van der Waals surface area contributed by atoms with Gasteiger partial charge >= 0.3 is 0 Å². The van der Waals surface area contributed by atoms with Crippen molar-refractivity contribution in [3.8, 4) is 5.75 Å². The fourth-order valence-electron chi connectivity index (χ4n) is 4.59. The SMILES string of the molecule is Cc1cc(C)c2c(c1C)OC1(CC1)C(C)(C)C2C(C)C. The normalized spacial score (nSPS) is 25.5. The molecule has 1 unspecified atom stereocenters. The zero-order chi connectivity index (χ0) is 14.9. The summed E-state index contributed by atoms with van der Waals surface area (Å²) in [6.07, 6.45) is 2.43. The molecule has 2 aliphatic rings. The Bertz CT molecular complexity index is 562. The van der Waals surface area contributed by atoms with Crippen molar-refractivity contribution >= 4 is 0 Å². The van der Waals surface area contributed by atoms with Crippen molar-refractivity contribution in [3.05, 3.63) is 28.3 Å². The van der Waals surface area contributed by atoms with Crippen molar-refractivity contribution in [3.63, 3.8) is 0 Å². The van der Waals surface area contributed by atoms with Crippen LogP contribution in [0.4, 0.5) is 0 Å². The predicted molar refractivity (Wildman–Crippen MR) is 84.6 cm³/mol. The van der Waals surface area contributed by atoms with Gasteiger partial charge in [0.1, 0.15) is 11.4 Å². The van der Waals surface area contributed by atoms with Crippen LogP contribution in [0.1, 0.15) is 68.7 Å². The highest BCUT2D eigenvalue weighted by molar-refractivity contribution is 5.55. The maximum absolute atomic E-state index is 6.62. The zero-order valence-corrected chi connectivity index (χ0v) is 14.1. The van der Waals surface area contributed by atoms with Gasteiger partial charge in [-0.1, -0.05) is 33.8 Å². The van der Waals surface area contributed by atoms with Crippen molar-refractivity contribution in [2.45, 2.75) is 72.8 Å². The third-order valence-electron chi connectivity index (χ3n) is 5.97. The van der Waals surface area contributed by atoms with Gasteiger partial charge in [0.2, 0.25) is 0 Å². The van der Waals surface area contributed by atoms with Crippen LogP contribution < -0.4 is 4.74 Å². The molecule has 1 aliphatic heterocycles. The molecule has 1 heteroatoms. The average molecular weight is 272 g/mol. The van der Waals surface area contributed by atoms with E-state index in [1.54, 1.807) is 0 Å². The van der Waals surface area contributed by atoms with Gasteiger partial charge in [0.05, 0.1) is 0 Å². The quantitative estimate of drug-likeness (QED) is 0.674. The van der Waals surface area contributed by atoms with E-state index in [1.807, 2.05) is 0 Å². The van der Waals surface area contributed by atoms with Crippen LogP contribution >= 0.6 is 0 Å². The molecule has 1 heterocycles. The Morgan fingerprint density at radius 1 is 1.10 bits per heavy atom. The molecule has 0 bridgehead atoms. The Labute approximate surface area is 123 Å². The summed E-state index contributed by atoms with van der Waals surface area (Å²) in [5, 5.41) is 0. The topological polar surface area (TPSA) is 9.23 Å². The van der Waals surface area contributed by atoms with E-state index in [0.29, 0.717) is 11.8 Å². The highest BCUT2D eigenvalue weighted by atomic mass is 16.5. The van der Waals surface area contributed by atoms with Crippen molar-refractivity contribution in [2.75, 3.05) is 0 Å². The number of benzene rings is 1. The van der Waals surface area contributed by atoms with Gasteiger partial charge in [0, 0.05) is 11.0 Å². The van der Waals surface area contributed by atoms with Crippen LogP contribution in [0.25, 0.3) is 0 Å². The lowest BCUT2D eigenvalue weighted by molar-refractivity contribution is -0.00815. The summed E-state index contributed by atoms with van der Waals surface area (Å²) in [4.78, 5) is 0. The number of hydrogen-bond donors (Lipinski definition) is 0. The first-order valence-electron chi connectivity index (χ1n) is 8.01. The first-order chi connectivity index (χ1) is 9.21. The molecule has 20 heavy (non-hydrogen) atoms. The van der Waals surface area contributed by atoms with Gasteiger partial charge in [0.15, 0.2) is 0 Å². The fraction of sp³-hybridized carbons (Fsp3) is 0.684. The third kappa shape index (κ3) is 1.61. The summed E-state index contributed by atoms with van der Waals surface area (Å²) in [6.45, 7) is 16.3. The van der Waals surface area contributed by atoms with E-state index in [-0.39, 0.29) is 11.0 Å². The molecule has 0 aromatic heterocycles. The third-order valence-corrected chi connectivity index (χ3v) is 5.97. The van der Waals surface area contributed by atoms with Crippen molar-refractivity contribution < 1.29 is 4.74 Å². The molecule has 1 fully saturated rings. The van der Waals surface area contributed by atoms with E-state index in [4.69, 9.17) is 4.74 Å². The molecule has 0 N–H and O–H groups in total. The highest BCUT2D eigenvalue weighted by Crippen LogP contribution is 2.65. The lowest BCUT2D eigenvalue weighted by atomic mass is 9.62. The smallest absolute Gasteiger partial charge is 0.127 e. The number of rotatable bonds is 1. The van der Waals surface area contributed by atoms with Crippen molar-refractivity contribution in [1.82, 2.24) is 0 Å². The molecule has 1 spiro atoms. The minimum absolute atomic E-state index is 0.0972. The molecule has 1 aromatic rings. The van der Waals surface area contributed by atoms with Crippen molar-refractivity contribution in [1.29, 1.82) is 0 Å². The van der Waals surface area contributed by atoms with Gasteiger partial charge in [-0.3, -0.25) is 0 Å². The number of aryl methyl sites for hydroxylation is 2. The molecule has 1 aromatic carbocycles. The molecule has 1 saturated carbocycles. The molecule has 1 aliphatic carbocycles. The van der Waals surface area contributed by atoms with Gasteiger partial charge in [-0.25, -0.2) is 0 Å². The van der Waals surface area contributed by atoms with E-state index in [2.05, 4.69) is 54.5 Å². The second-order valence-corrected chi connectivity index (χ2v) is 7.92. The molecule has 3 rings (SSSR count). The number of fused-ring (bicyclic) bond motifs is 1. The molecule has 0 saturated heterocycles. The summed E-state index contributed by atoms with van der Waals surface area (Å²) in [7, 11) is 0. The lowest BCUT2D eigenvalue weighted by Crippen LogP contribution is -2.47. The lowest BCUT2D eigenvalue weighted by Gasteiger charge is -2.49. The Kier molecular flexibility index (Phi) is 2.81. The zero-order valence-electron chi connectivity index (χ0n) is 14.1. The van der Waals surface area contributed by atoms with Crippen LogP contribution in [0, 0.1) is 32.1 Å². The molecular weight excluding hydrogens is 244 g/mol. The Morgan fingerprint density at radius 3 is 2.20 bits per heavy atom. The van der Waals surface area contributed by atoms with E-state index in [1.165, 1.54) is 40.8 Å². The van der Waals surface area contributed by atoms with Gasteiger partial charge in [-0.05, 0) is 62.1 Å². The van der Waals surface area contributed by atoms with Crippen LogP contribution in [0.5, 0.6) is 5.75 Å². The summed E-state index contributed by atoms with van der Waals surface area (Å²) in [6, 6.07) is 2.34. The molecule has 1 atom stereocenters. The highest BCUT2D eigenvalue weighted by Gasteiger charge is 2.63. The monoisotopic (exact) mass is 272 g/mol. The number of ether oxygens (including phenoxy) is 1. The largest absolute Gasteiger partial charge is 0.486 e. The van der Waals surface area contributed by atoms with Crippen LogP contribution in [-0.4, -0.2) is 5.60 Å². The van der Waals surface area contributed by atoms with E-state index >= 15 is 0 Å². The summed E-state index contributed by atoms with van der Waals surface area (Å²) < 4.78 is 6.62.